The number of hydrogen-bond acceptors (Lipinski definition) is 4. The molecule has 7 nitrogen and oxygen atoms in total. The molecule has 4 rings (SSSR count). The van der Waals surface area contributed by atoms with Crippen LogP contribution in [-0.2, 0) is 22.1 Å². The van der Waals surface area contributed by atoms with E-state index >= 15 is 0 Å². The summed E-state index contributed by atoms with van der Waals surface area (Å²) in [7, 11) is -0.778. The van der Waals surface area contributed by atoms with Gasteiger partial charge in [0.2, 0.25) is 5.91 Å². The molecule has 2 amide bonds. The summed E-state index contributed by atoms with van der Waals surface area (Å²) in [5.41, 5.74) is -0.0952. The first-order valence-corrected chi connectivity index (χ1v) is 12.7. The Labute approximate surface area is 190 Å². The highest BCUT2D eigenvalue weighted by Gasteiger charge is 2.36. The maximum Gasteiger partial charge on any atom is 0.273 e. The zero-order chi connectivity index (χ0) is 23.0. The number of benzene rings is 1. The van der Waals surface area contributed by atoms with Crippen LogP contribution in [0.1, 0.15) is 56.9 Å². The molecule has 1 aliphatic carbocycles. The Kier molecular flexibility index (Phi) is 6.38. The molecule has 0 bridgehead atoms. The maximum atomic E-state index is 14.8. The Balaban J connectivity index is 1.61. The number of carbonyl (C=O) groups excluding carboxylic acids is 2. The number of amides is 2. The molecular weight excluding hydrogens is 431 g/mol. The van der Waals surface area contributed by atoms with Crippen molar-refractivity contribution in [1.29, 1.82) is 0 Å². The van der Waals surface area contributed by atoms with Crippen LogP contribution in [0.2, 0.25) is 0 Å². The number of para-hydroxylation sites is 1. The van der Waals surface area contributed by atoms with E-state index in [2.05, 4.69) is 15.7 Å². The number of rotatable bonds is 6. The predicted molar refractivity (Wildman–Crippen MR) is 122 cm³/mol. The van der Waals surface area contributed by atoms with Gasteiger partial charge in [-0.3, -0.25) is 18.5 Å². The fourth-order valence-corrected chi connectivity index (χ4v) is 5.55. The lowest BCUT2D eigenvalue weighted by Gasteiger charge is -2.30. The van der Waals surface area contributed by atoms with E-state index in [1.807, 2.05) is 20.8 Å². The standard InChI is InChI=1S/C23H31FN4O3S/c1-23(2,3)20(22(30)25-15-7-8-15)26-21(29)18-16-5-4-6-17(24)19(16)28(27-18)13-14-9-11-32(31)12-10-14/h4-6,14-15,20H,7-13H2,1-3H3,(H,25,30)(H,26,29). The monoisotopic (exact) mass is 462 g/mol. The number of carbonyl (C=O) groups is 2. The number of fused-ring (bicyclic) bond motifs is 1. The first-order valence-electron chi connectivity index (χ1n) is 11.2. The van der Waals surface area contributed by atoms with Crippen molar-refractivity contribution < 1.29 is 18.2 Å². The van der Waals surface area contributed by atoms with Gasteiger partial charge >= 0.3 is 0 Å². The largest absolute Gasteiger partial charge is 0.352 e. The second-order valence-corrected chi connectivity index (χ2v) is 11.7. The van der Waals surface area contributed by atoms with Gasteiger partial charge in [-0.05, 0) is 43.1 Å². The van der Waals surface area contributed by atoms with Crippen molar-refractivity contribution in [1.82, 2.24) is 20.4 Å². The van der Waals surface area contributed by atoms with Gasteiger partial charge in [-0.15, -0.1) is 0 Å². The molecule has 1 aromatic heterocycles. The molecule has 0 radical (unpaired) electrons. The average Bonchev–Trinajstić information content (AvgIpc) is 3.46. The molecule has 2 N–H and O–H groups in total. The molecule has 0 spiro atoms. The minimum atomic E-state index is -0.778. The Bertz CT molecular complexity index is 1050. The van der Waals surface area contributed by atoms with Gasteiger partial charge in [0, 0.05) is 40.3 Å². The lowest BCUT2D eigenvalue weighted by atomic mass is 9.86. The number of hydrogen-bond donors (Lipinski definition) is 2. The summed E-state index contributed by atoms with van der Waals surface area (Å²) < 4.78 is 28.0. The average molecular weight is 463 g/mol. The van der Waals surface area contributed by atoms with Crippen LogP contribution in [0, 0.1) is 17.2 Å². The summed E-state index contributed by atoms with van der Waals surface area (Å²) in [5.74, 6) is 0.380. The third kappa shape index (κ3) is 5.03. The van der Waals surface area contributed by atoms with Crippen LogP contribution in [0.15, 0.2) is 18.2 Å². The van der Waals surface area contributed by atoms with Gasteiger partial charge in [-0.2, -0.15) is 5.10 Å². The van der Waals surface area contributed by atoms with Crippen LogP contribution in [-0.4, -0.2) is 49.4 Å². The number of halogens is 1. The van der Waals surface area contributed by atoms with E-state index in [-0.39, 0.29) is 23.6 Å². The molecule has 9 heteroatoms. The lowest BCUT2D eigenvalue weighted by molar-refractivity contribution is -0.125. The highest BCUT2D eigenvalue weighted by molar-refractivity contribution is 7.85. The predicted octanol–water partition coefficient (Wildman–Crippen LogP) is 2.76. The number of aromatic nitrogens is 2. The van der Waals surface area contributed by atoms with Crippen molar-refractivity contribution in [2.24, 2.45) is 11.3 Å². The third-order valence-corrected chi connectivity index (χ3v) is 7.58. The van der Waals surface area contributed by atoms with Crippen molar-refractivity contribution in [3.63, 3.8) is 0 Å². The second-order valence-electron chi connectivity index (χ2n) is 10.0. The first-order chi connectivity index (χ1) is 15.1. The lowest BCUT2D eigenvalue weighted by Crippen LogP contribution is -2.54. The van der Waals surface area contributed by atoms with Gasteiger partial charge in [0.25, 0.3) is 5.91 Å². The Morgan fingerprint density at radius 2 is 1.91 bits per heavy atom. The zero-order valence-corrected chi connectivity index (χ0v) is 19.6. The molecular formula is C23H31FN4O3S. The molecule has 2 heterocycles. The minimum absolute atomic E-state index is 0.118. The molecule has 2 aromatic rings. The summed E-state index contributed by atoms with van der Waals surface area (Å²) in [4.78, 5) is 26.0. The summed E-state index contributed by atoms with van der Waals surface area (Å²) >= 11 is 0. The molecule has 2 fully saturated rings. The van der Waals surface area contributed by atoms with E-state index in [0.29, 0.717) is 29.0 Å². The summed E-state index contributed by atoms with van der Waals surface area (Å²) in [5, 5.41) is 10.7. The van der Waals surface area contributed by atoms with Crippen molar-refractivity contribution in [3.8, 4) is 0 Å². The topological polar surface area (TPSA) is 93.1 Å². The first kappa shape index (κ1) is 22.9. The molecule has 1 unspecified atom stereocenters. The minimum Gasteiger partial charge on any atom is -0.352 e. The molecule has 174 valence electrons. The van der Waals surface area contributed by atoms with Crippen LogP contribution >= 0.6 is 0 Å². The van der Waals surface area contributed by atoms with Crippen LogP contribution in [0.25, 0.3) is 10.9 Å². The van der Waals surface area contributed by atoms with Crippen LogP contribution < -0.4 is 10.6 Å². The maximum absolute atomic E-state index is 14.8. The molecule has 1 saturated carbocycles. The van der Waals surface area contributed by atoms with Crippen LogP contribution in [0.4, 0.5) is 4.39 Å². The normalized spacial score (nSPS) is 22.5. The van der Waals surface area contributed by atoms with Crippen molar-refractivity contribution in [2.45, 2.75) is 65.1 Å². The van der Waals surface area contributed by atoms with Gasteiger partial charge in [-0.1, -0.05) is 32.9 Å². The quantitative estimate of drug-likeness (QED) is 0.690. The molecule has 1 saturated heterocycles. The third-order valence-electron chi connectivity index (χ3n) is 6.20. The molecule has 1 aliphatic heterocycles. The van der Waals surface area contributed by atoms with E-state index in [1.165, 1.54) is 6.07 Å². The van der Waals surface area contributed by atoms with Crippen LogP contribution in [0.3, 0.4) is 0 Å². The van der Waals surface area contributed by atoms with E-state index < -0.39 is 34.0 Å². The fourth-order valence-electron chi connectivity index (χ4n) is 4.15. The van der Waals surface area contributed by atoms with Gasteiger partial charge in [0.15, 0.2) is 5.69 Å². The summed E-state index contributed by atoms with van der Waals surface area (Å²) in [6, 6.07) is 4.05. The van der Waals surface area contributed by atoms with E-state index in [9.17, 15) is 18.2 Å². The highest BCUT2D eigenvalue weighted by atomic mass is 32.2. The second kappa shape index (κ2) is 8.92. The van der Waals surface area contributed by atoms with E-state index in [4.69, 9.17) is 0 Å². The van der Waals surface area contributed by atoms with Crippen molar-refractivity contribution >= 4 is 33.5 Å². The molecule has 1 aromatic carbocycles. The van der Waals surface area contributed by atoms with Gasteiger partial charge < -0.3 is 10.6 Å². The van der Waals surface area contributed by atoms with Gasteiger partial charge in [-0.25, -0.2) is 4.39 Å². The smallest absolute Gasteiger partial charge is 0.273 e. The van der Waals surface area contributed by atoms with Crippen LogP contribution in [0.5, 0.6) is 0 Å². The van der Waals surface area contributed by atoms with Gasteiger partial charge in [0.05, 0.1) is 0 Å². The van der Waals surface area contributed by atoms with Gasteiger partial charge in [0.1, 0.15) is 17.4 Å². The molecule has 1 atom stereocenters. The zero-order valence-electron chi connectivity index (χ0n) is 18.8. The highest BCUT2D eigenvalue weighted by Crippen LogP contribution is 2.27. The SMILES string of the molecule is CC(C)(C)C(NC(=O)c1nn(CC2CCS(=O)CC2)c2c(F)cccc12)C(=O)NC1CC1. The summed E-state index contributed by atoms with van der Waals surface area (Å²) in [6.45, 7) is 6.15. The van der Waals surface area contributed by atoms with Crippen molar-refractivity contribution in [2.75, 3.05) is 11.5 Å². The number of nitrogens with one attached hydrogen (secondary N) is 2. The van der Waals surface area contributed by atoms with E-state index in [0.717, 1.165) is 25.7 Å². The Morgan fingerprint density at radius 3 is 2.53 bits per heavy atom. The molecule has 2 aliphatic rings. The molecule has 32 heavy (non-hydrogen) atoms. The number of nitrogens with zero attached hydrogens (tertiary/aromatic N) is 2. The Hall–Kier alpha value is -2.29. The van der Waals surface area contributed by atoms with E-state index in [1.54, 1.807) is 16.8 Å². The fraction of sp³-hybridized carbons (Fsp3) is 0.609. The Morgan fingerprint density at radius 1 is 1.22 bits per heavy atom. The van der Waals surface area contributed by atoms with Crippen molar-refractivity contribution in [3.05, 3.63) is 29.7 Å². The summed E-state index contributed by atoms with van der Waals surface area (Å²) in [6.07, 6.45) is 3.49.